The average molecular weight is 316 g/mol. The fraction of sp³-hybridized carbons (Fsp3) is 0.250. The zero-order valence-electron chi connectivity index (χ0n) is 12.6. The Balaban J connectivity index is 2.15. The number of nitro groups is 1. The predicted octanol–water partition coefficient (Wildman–Crippen LogP) is 2.37. The van der Waals surface area contributed by atoms with Crippen molar-refractivity contribution in [3.8, 4) is 0 Å². The molecule has 0 N–H and O–H groups in total. The van der Waals surface area contributed by atoms with Crippen molar-refractivity contribution in [2.75, 3.05) is 6.61 Å². The first-order valence-corrected chi connectivity index (χ1v) is 7.12. The second kappa shape index (κ2) is 7.35. The minimum Gasteiger partial charge on any atom is -0.462 e. The lowest BCUT2D eigenvalue weighted by Gasteiger charge is -2.07. The molecule has 7 heteroatoms. The molecule has 0 saturated carbocycles. The van der Waals surface area contributed by atoms with Gasteiger partial charge in [-0.2, -0.15) is 0 Å². The molecule has 0 fully saturated rings. The van der Waals surface area contributed by atoms with Crippen molar-refractivity contribution in [3.05, 3.63) is 74.2 Å². The summed E-state index contributed by atoms with van der Waals surface area (Å²) in [4.78, 5) is 33.7. The summed E-state index contributed by atoms with van der Waals surface area (Å²) in [6, 6.07) is 8.92. The normalized spacial score (nSPS) is 10.3. The summed E-state index contributed by atoms with van der Waals surface area (Å²) in [6.07, 6.45) is 1.95. The van der Waals surface area contributed by atoms with Crippen LogP contribution in [0.3, 0.4) is 0 Å². The lowest BCUT2D eigenvalue weighted by molar-refractivity contribution is -0.385. The first-order valence-electron chi connectivity index (χ1n) is 7.12. The van der Waals surface area contributed by atoms with Crippen LogP contribution >= 0.6 is 0 Å². The van der Waals surface area contributed by atoms with Crippen LogP contribution in [0.4, 0.5) is 5.69 Å². The van der Waals surface area contributed by atoms with Crippen molar-refractivity contribution in [2.24, 2.45) is 0 Å². The van der Waals surface area contributed by atoms with E-state index in [0.29, 0.717) is 12.2 Å². The van der Waals surface area contributed by atoms with Crippen molar-refractivity contribution < 1.29 is 14.5 Å². The molecule has 0 saturated heterocycles. The Hall–Kier alpha value is -2.96. The van der Waals surface area contributed by atoms with Gasteiger partial charge < -0.3 is 9.30 Å². The molecule has 7 nitrogen and oxygen atoms in total. The molecule has 1 heterocycles. The Morgan fingerprint density at radius 2 is 1.91 bits per heavy atom. The van der Waals surface area contributed by atoms with Gasteiger partial charge in [0.05, 0.1) is 29.8 Å². The maximum atomic E-state index is 11.8. The molecule has 120 valence electrons. The topological polar surface area (TPSA) is 91.4 Å². The van der Waals surface area contributed by atoms with E-state index in [2.05, 4.69) is 0 Å². The molecule has 0 aliphatic rings. The van der Waals surface area contributed by atoms with E-state index in [4.69, 9.17) is 4.74 Å². The Bertz CT molecular complexity index is 765. The molecule has 0 aliphatic heterocycles. The van der Waals surface area contributed by atoms with E-state index in [1.165, 1.54) is 16.8 Å². The van der Waals surface area contributed by atoms with E-state index in [-0.39, 0.29) is 17.8 Å². The number of ether oxygens (including phenoxy) is 1. The van der Waals surface area contributed by atoms with Crippen LogP contribution < -0.4 is 5.56 Å². The molecular formula is C16H16N2O5. The summed E-state index contributed by atoms with van der Waals surface area (Å²) < 4.78 is 6.28. The third-order valence-corrected chi connectivity index (χ3v) is 3.16. The number of carbonyl (C=O) groups is 1. The molecule has 0 spiro atoms. The minimum atomic E-state index is -0.553. The Morgan fingerprint density at radius 1 is 1.22 bits per heavy atom. The zero-order chi connectivity index (χ0) is 16.8. The fourth-order valence-corrected chi connectivity index (χ4v) is 1.97. The van der Waals surface area contributed by atoms with Gasteiger partial charge in [0.15, 0.2) is 0 Å². The van der Waals surface area contributed by atoms with Crippen molar-refractivity contribution in [1.29, 1.82) is 0 Å². The standard InChI is InChI=1S/C16H16N2O5/c1-2-9-23-16(20)13-5-3-12(4-6-13)10-17-11-14(18(21)22)7-8-15(17)19/h3-8,11H,2,9-10H2,1H3. The van der Waals surface area contributed by atoms with E-state index in [9.17, 15) is 19.7 Å². The van der Waals surface area contributed by atoms with Gasteiger partial charge in [-0.3, -0.25) is 14.9 Å². The minimum absolute atomic E-state index is 0.149. The number of rotatable bonds is 6. The van der Waals surface area contributed by atoms with Crippen molar-refractivity contribution in [2.45, 2.75) is 19.9 Å². The van der Waals surface area contributed by atoms with Crippen LogP contribution in [0.2, 0.25) is 0 Å². The van der Waals surface area contributed by atoms with E-state index in [1.54, 1.807) is 24.3 Å². The molecule has 0 radical (unpaired) electrons. The van der Waals surface area contributed by atoms with Crippen molar-refractivity contribution in [3.63, 3.8) is 0 Å². The van der Waals surface area contributed by atoms with Gasteiger partial charge in [-0.05, 0) is 24.1 Å². The Kier molecular flexibility index (Phi) is 5.24. The van der Waals surface area contributed by atoms with Crippen LogP contribution in [0.25, 0.3) is 0 Å². The maximum Gasteiger partial charge on any atom is 0.338 e. The number of benzene rings is 1. The number of hydrogen-bond acceptors (Lipinski definition) is 5. The summed E-state index contributed by atoms with van der Waals surface area (Å²) in [5.74, 6) is -0.397. The van der Waals surface area contributed by atoms with Crippen molar-refractivity contribution in [1.82, 2.24) is 4.57 Å². The number of esters is 1. The smallest absolute Gasteiger partial charge is 0.338 e. The molecule has 2 rings (SSSR count). The first kappa shape index (κ1) is 16.4. The van der Waals surface area contributed by atoms with Crippen LogP contribution in [0.1, 0.15) is 29.3 Å². The predicted molar refractivity (Wildman–Crippen MR) is 83.5 cm³/mol. The Morgan fingerprint density at radius 3 is 2.52 bits per heavy atom. The molecule has 0 unspecified atom stereocenters. The monoisotopic (exact) mass is 316 g/mol. The number of pyridine rings is 1. The zero-order valence-corrected chi connectivity index (χ0v) is 12.6. The van der Waals surface area contributed by atoms with Gasteiger partial charge in [0, 0.05) is 12.1 Å². The fourth-order valence-electron chi connectivity index (χ4n) is 1.97. The third kappa shape index (κ3) is 4.26. The first-order chi connectivity index (χ1) is 11.0. The molecular weight excluding hydrogens is 300 g/mol. The molecule has 0 atom stereocenters. The van der Waals surface area contributed by atoms with Gasteiger partial charge in [-0.1, -0.05) is 19.1 Å². The molecule has 2 aromatic rings. The van der Waals surface area contributed by atoms with Crippen LogP contribution in [-0.2, 0) is 11.3 Å². The average Bonchev–Trinajstić information content (AvgIpc) is 2.55. The number of carbonyl (C=O) groups excluding carboxylic acids is 1. The van der Waals surface area contributed by atoms with Gasteiger partial charge in [-0.25, -0.2) is 4.79 Å². The van der Waals surface area contributed by atoms with E-state index in [1.807, 2.05) is 6.92 Å². The van der Waals surface area contributed by atoms with Crippen LogP contribution in [0, 0.1) is 10.1 Å². The van der Waals surface area contributed by atoms with Gasteiger partial charge in [0.1, 0.15) is 0 Å². The van der Waals surface area contributed by atoms with Crippen molar-refractivity contribution >= 4 is 11.7 Å². The van der Waals surface area contributed by atoms with Gasteiger partial charge in [0.25, 0.3) is 11.2 Å². The SMILES string of the molecule is CCCOC(=O)c1ccc(Cn2cc([N+](=O)[O-])ccc2=O)cc1. The molecule has 23 heavy (non-hydrogen) atoms. The number of nitrogens with zero attached hydrogens (tertiary/aromatic N) is 2. The quantitative estimate of drug-likeness (QED) is 0.463. The largest absolute Gasteiger partial charge is 0.462 e. The van der Waals surface area contributed by atoms with E-state index >= 15 is 0 Å². The summed E-state index contributed by atoms with van der Waals surface area (Å²) in [5.41, 5.74) is 0.694. The molecule has 0 bridgehead atoms. The number of hydrogen-bond donors (Lipinski definition) is 0. The van der Waals surface area contributed by atoms with Crippen LogP contribution in [0.5, 0.6) is 0 Å². The highest BCUT2D eigenvalue weighted by Gasteiger charge is 2.09. The van der Waals surface area contributed by atoms with Gasteiger partial charge >= 0.3 is 5.97 Å². The lowest BCUT2D eigenvalue weighted by atomic mass is 10.1. The van der Waals surface area contributed by atoms with Crippen LogP contribution in [-0.4, -0.2) is 22.1 Å². The van der Waals surface area contributed by atoms with Crippen LogP contribution in [0.15, 0.2) is 47.4 Å². The molecule has 0 amide bonds. The highest BCUT2D eigenvalue weighted by atomic mass is 16.6. The van der Waals surface area contributed by atoms with Gasteiger partial charge in [-0.15, -0.1) is 0 Å². The van der Waals surface area contributed by atoms with E-state index in [0.717, 1.165) is 18.1 Å². The summed E-state index contributed by atoms with van der Waals surface area (Å²) in [6.45, 7) is 2.46. The maximum absolute atomic E-state index is 11.8. The molecule has 1 aromatic carbocycles. The summed E-state index contributed by atoms with van der Waals surface area (Å²) >= 11 is 0. The number of aromatic nitrogens is 1. The second-order valence-corrected chi connectivity index (χ2v) is 4.94. The molecule has 0 aliphatic carbocycles. The second-order valence-electron chi connectivity index (χ2n) is 4.94. The summed E-state index contributed by atoms with van der Waals surface area (Å²) in [7, 11) is 0. The third-order valence-electron chi connectivity index (χ3n) is 3.16. The Labute approximate surface area is 132 Å². The lowest BCUT2D eigenvalue weighted by Crippen LogP contribution is -2.19. The van der Waals surface area contributed by atoms with E-state index < -0.39 is 10.9 Å². The molecule has 1 aromatic heterocycles. The highest BCUT2D eigenvalue weighted by molar-refractivity contribution is 5.89. The summed E-state index contributed by atoms with van der Waals surface area (Å²) in [5, 5.41) is 10.8. The highest BCUT2D eigenvalue weighted by Crippen LogP contribution is 2.10. The van der Waals surface area contributed by atoms with Gasteiger partial charge in [0.2, 0.25) is 0 Å².